The first kappa shape index (κ1) is 21.4. The predicted octanol–water partition coefficient (Wildman–Crippen LogP) is 2.82. The fraction of sp³-hybridized carbons (Fsp3) is 0.500. The molecule has 1 N–H and O–H groups in total. The van der Waals surface area contributed by atoms with Crippen LogP contribution in [-0.2, 0) is 9.84 Å². The van der Waals surface area contributed by atoms with Crippen LogP contribution >= 0.6 is 0 Å². The quantitative estimate of drug-likeness (QED) is 0.636. The molecule has 3 aromatic rings. The van der Waals surface area contributed by atoms with Crippen LogP contribution in [0, 0.1) is 6.92 Å². The fourth-order valence-electron chi connectivity index (χ4n) is 4.09. The summed E-state index contributed by atoms with van der Waals surface area (Å²) in [5.74, 6) is 2.40. The summed E-state index contributed by atoms with van der Waals surface area (Å²) in [6.07, 6.45) is 3.11. The highest BCUT2D eigenvalue weighted by Crippen LogP contribution is 2.26. The number of nitrogens with one attached hydrogen (secondary N) is 1. The summed E-state index contributed by atoms with van der Waals surface area (Å²) in [6.45, 7) is 6.48. The van der Waals surface area contributed by atoms with Crippen LogP contribution in [0.25, 0.3) is 11.0 Å². The van der Waals surface area contributed by atoms with Gasteiger partial charge in [-0.1, -0.05) is 0 Å². The van der Waals surface area contributed by atoms with Gasteiger partial charge in [-0.15, -0.1) is 0 Å². The van der Waals surface area contributed by atoms with Crippen molar-refractivity contribution in [2.45, 2.75) is 44.7 Å². The lowest BCUT2D eigenvalue weighted by Crippen LogP contribution is -2.48. The molecule has 0 radical (unpaired) electrons. The van der Waals surface area contributed by atoms with E-state index in [1.165, 1.54) is 0 Å². The number of imidazole rings is 1. The molecule has 166 valence electrons. The van der Waals surface area contributed by atoms with Gasteiger partial charge >= 0.3 is 0 Å². The summed E-state index contributed by atoms with van der Waals surface area (Å²) in [4.78, 5) is 19.4. The van der Waals surface area contributed by atoms with Crippen molar-refractivity contribution < 1.29 is 12.8 Å². The van der Waals surface area contributed by atoms with E-state index in [0.29, 0.717) is 24.1 Å². The van der Waals surface area contributed by atoms with Crippen LogP contribution in [0.15, 0.2) is 24.5 Å². The highest BCUT2D eigenvalue weighted by atomic mass is 32.2. The first-order chi connectivity index (χ1) is 14.6. The Bertz CT molecular complexity index is 1210. The van der Waals surface area contributed by atoms with Gasteiger partial charge in [0.2, 0.25) is 5.95 Å². The largest absolute Gasteiger partial charge is 0.338 e. The highest BCUT2D eigenvalue weighted by Gasteiger charge is 2.36. The fourth-order valence-corrected chi connectivity index (χ4v) is 5.24. The first-order valence-corrected chi connectivity index (χ1v) is 12.1. The number of aryl methyl sites for hydroxylation is 1. The monoisotopic (exact) mass is 447 g/mol. The van der Waals surface area contributed by atoms with Crippen molar-refractivity contribution in [3.63, 3.8) is 0 Å². The van der Waals surface area contributed by atoms with Gasteiger partial charge in [-0.3, -0.25) is 0 Å². The number of hydrogen-bond donors (Lipinski definition) is 1. The molecule has 2 atom stereocenters. The number of aromatic nitrogens is 5. The zero-order valence-corrected chi connectivity index (χ0v) is 18.8. The van der Waals surface area contributed by atoms with Gasteiger partial charge in [-0.2, -0.15) is 4.98 Å². The number of pyridine rings is 1. The van der Waals surface area contributed by atoms with E-state index in [4.69, 9.17) is 0 Å². The Morgan fingerprint density at radius 2 is 2.00 bits per heavy atom. The predicted molar refractivity (Wildman–Crippen MR) is 118 cm³/mol. The van der Waals surface area contributed by atoms with Gasteiger partial charge in [-0.05, 0) is 33.3 Å². The SMILES string of the molecule is Cc1nc2cnc(Nc3ccnc(N4CCC(S(C)(=O)=O)C(F)C4)n3)cc2n1C(C)C. The van der Waals surface area contributed by atoms with Gasteiger partial charge in [0.15, 0.2) is 9.84 Å². The molecule has 1 aliphatic rings. The molecule has 1 aliphatic heterocycles. The van der Waals surface area contributed by atoms with Crippen LogP contribution < -0.4 is 10.2 Å². The second kappa shape index (κ2) is 8.03. The van der Waals surface area contributed by atoms with Crippen LogP contribution in [0.3, 0.4) is 0 Å². The molecule has 2 unspecified atom stereocenters. The van der Waals surface area contributed by atoms with E-state index in [2.05, 4.69) is 43.7 Å². The minimum Gasteiger partial charge on any atom is -0.338 e. The Labute approximate surface area is 180 Å². The topological polar surface area (TPSA) is 106 Å². The van der Waals surface area contributed by atoms with Gasteiger partial charge in [-0.25, -0.2) is 27.8 Å². The van der Waals surface area contributed by atoms with Gasteiger partial charge in [0.25, 0.3) is 0 Å². The maximum atomic E-state index is 14.5. The highest BCUT2D eigenvalue weighted by molar-refractivity contribution is 7.91. The average Bonchev–Trinajstić information content (AvgIpc) is 3.02. The van der Waals surface area contributed by atoms with E-state index < -0.39 is 21.3 Å². The summed E-state index contributed by atoms with van der Waals surface area (Å²) in [6, 6.07) is 3.89. The average molecular weight is 448 g/mol. The molecule has 0 bridgehead atoms. The number of anilines is 3. The Kier molecular flexibility index (Phi) is 5.54. The third-order valence-corrected chi connectivity index (χ3v) is 7.11. The lowest BCUT2D eigenvalue weighted by atomic mass is 10.1. The maximum Gasteiger partial charge on any atom is 0.227 e. The van der Waals surface area contributed by atoms with Crippen molar-refractivity contribution >= 4 is 38.5 Å². The minimum atomic E-state index is -3.43. The van der Waals surface area contributed by atoms with E-state index in [1.54, 1.807) is 23.4 Å². The van der Waals surface area contributed by atoms with Gasteiger partial charge in [0.05, 0.1) is 23.5 Å². The summed E-state index contributed by atoms with van der Waals surface area (Å²) in [5.41, 5.74) is 1.80. The number of piperidine rings is 1. The molecule has 4 rings (SSSR count). The molecule has 0 amide bonds. The summed E-state index contributed by atoms with van der Waals surface area (Å²) < 4.78 is 40.1. The molecular weight excluding hydrogens is 421 g/mol. The second-order valence-electron chi connectivity index (χ2n) is 8.17. The first-order valence-electron chi connectivity index (χ1n) is 10.2. The molecule has 0 spiro atoms. The molecule has 0 aliphatic carbocycles. The molecule has 0 aromatic carbocycles. The lowest BCUT2D eigenvalue weighted by Gasteiger charge is -2.33. The Morgan fingerprint density at radius 3 is 2.68 bits per heavy atom. The van der Waals surface area contributed by atoms with Crippen LogP contribution in [0.1, 0.15) is 32.1 Å². The van der Waals surface area contributed by atoms with Crippen LogP contribution in [0.5, 0.6) is 0 Å². The van der Waals surface area contributed by atoms with Crippen molar-refractivity contribution in [1.82, 2.24) is 24.5 Å². The number of alkyl halides is 1. The molecule has 4 heterocycles. The van der Waals surface area contributed by atoms with Crippen LogP contribution in [0.4, 0.5) is 22.0 Å². The molecule has 0 saturated carbocycles. The Morgan fingerprint density at radius 1 is 1.23 bits per heavy atom. The number of sulfone groups is 1. The summed E-state index contributed by atoms with van der Waals surface area (Å²) in [5, 5.41) is 2.20. The van der Waals surface area contributed by atoms with Crippen molar-refractivity contribution in [2.24, 2.45) is 0 Å². The third kappa shape index (κ3) is 4.32. The number of hydrogen-bond acceptors (Lipinski definition) is 8. The second-order valence-corrected chi connectivity index (χ2v) is 10.4. The Balaban J connectivity index is 1.55. The molecule has 1 fully saturated rings. The standard InChI is InChI=1S/C20H26FN7O2S/c1-12(2)28-13(3)24-15-10-23-19(9-16(15)28)25-18-5-7-22-20(26-18)27-8-6-17(14(21)11-27)31(4,29)30/h5,7,9-10,12,14,17H,6,8,11H2,1-4H3,(H,22,23,25,26). The molecule has 31 heavy (non-hydrogen) atoms. The van der Waals surface area contributed by atoms with Gasteiger partial charge < -0.3 is 14.8 Å². The van der Waals surface area contributed by atoms with Crippen molar-refractivity contribution in [1.29, 1.82) is 0 Å². The maximum absolute atomic E-state index is 14.5. The van der Waals surface area contributed by atoms with E-state index in [1.807, 2.05) is 13.0 Å². The van der Waals surface area contributed by atoms with E-state index in [0.717, 1.165) is 23.1 Å². The molecule has 3 aromatic heterocycles. The van der Waals surface area contributed by atoms with Crippen LogP contribution in [0.2, 0.25) is 0 Å². The smallest absolute Gasteiger partial charge is 0.227 e. The normalized spacial score (nSPS) is 19.9. The van der Waals surface area contributed by atoms with Gasteiger partial charge in [0, 0.05) is 31.1 Å². The third-order valence-electron chi connectivity index (χ3n) is 5.48. The molecule has 9 nitrogen and oxygen atoms in total. The van der Waals surface area contributed by atoms with Crippen molar-refractivity contribution in [3.8, 4) is 0 Å². The van der Waals surface area contributed by atoms with Crippen molar-refractivity contribution in [2.75, 3.05) is 29.6 Å². The van der Waals surface area contributed by atoms with Crippen LogP contribution in [-0.4, -0.2) is 63.7 Å². The van der Waals surface area contributed by atoms with E-state index in [9.17, 15) is 12.8 Å². The summed E-state index contributed by atoms with van der Waals surface area (Å²) >= 11 is 0. The van der Waals surface area contributed by atoms with Crippen molar-refractivity contribution in [3.05, 3.63) is 30.4 Å². The zero-order chi connectivity index (χ0) is 22.3. The molecular formula is C20H26FN7O2S. The number of fused-ring (bicyclic) bond motifs is 1. The lowest BCUT2D eigenvalue weighted by molar-refractivity contribution is 0.287. The number of halogens is 1. The van der Waals surface area contributed by atoms with Gasteiger partial charge in [0.1, 0.15) is 29.1 Å². The Hall–Kier alpha value is -2.82. The number of rotatable bonds is 5. The summed E-state index contributed by atoms with van der Waals surface area (Å²) in [7, 11) is -3.43. The zero-order valence-electron chi connectivity index (χ0n) is 17.9. The number of nitrogens with zero attached hydrogens (tertiary/aromatic N) is 6. The molecule has 11 heteroatoms. The molecule has 1 saturated heterocycles. The van der Waals surface area contributed by atoms with E-state index >= 15 is 0 Å². The van der Waals surface area contributed by atoms with E-state index in [-0.39, 0.29) is 19.0 Å². The minimum absolute atomic E-state index is 0.0573.